The van der Waals surface area contributed by atoms with Crippen molar-refractivity contribution in [3.8, 4) is 0 Å². The van der Waals surface area contributed by atoms with Crippen LogP contribution in [0.5, 0.6) is 0 Å². The lowest BCUT2D eigenvalue weighted by Crippen LogP contribution is -2.39. The van der Waals surface area contributed by atoms with Gasteiger partial charge in [0.15, 0.2) is 5.96 Å². The molecule has 0 amide bonds. The van der Waals surface area contributed by atoms with Crippen LogP contribution in [0.25, 0.3) is 0 Å². The molecule has 0 aliphatic carbocycles. The summed E-state index contributed by atoms with van der Waals surface area (Å²) in [7, 11) is 1.64. The SMILES string of the molecule is CCNC(=NCc1ccccc1F)NCCOCCOC. The minimum Gasteiger partial charge on any atom is -0.382 e. The molecule has 0 saturated carbocycles. The number of methoxy groups -OCH3 is 1. The maximum Gasteiger partial charge on any atom is 0.191 e. The lowest BCUT2D eigenvalue weighted by atomic mass is 10.2. The zero-order chi connectivity index (χ0) is 15.3. The van der Waals surface area contributed by atoms with E-state index < -0.39 is 0 Å². The number of nitrogens with one attached hydrogen (secondary N) is 2. The van der Waals surface area contributed by atoms with E-state index in [1.165, 1.54) is 6.07 Å². The predicted molar refractivity (Wildman–Crippen MR) is 81.9 cm³/mol. The van der Waals surface area contributed by atoms with Crippen LogP contribution in [0.3, 0.4) is 0 Å². The summed E-state index contributed by atoms with van der Waals surface area (Å²) in [6.07, 6.45) is 0. The molecule has 0 fully saturated rings. The van der Waals surface area contributed by atoms with Gasteiger partial charge in [0, 0.05) is 25.8 Å². The first-order chi connectivity index (χ1) is 10.3. The Labute approximate surface area is 125 Å². The fourth-order valence-corrected chi connectivity index (χ4v) is 1.62. The molecule has 0 radical (unpaired) electrons. The molecule has 1 aromatic rings. The van der Waals surface area contributed by atoms with Gasteiger partial charge in [0.25, 0.3) is 0 Å². The first-order valence-electron chi connectivity index (χ1n) is 7.10. The molecule has 0 bridgehead atoms. The van der Waals surface area contributed by atoms with Crippen molar-refractivity contribution in [2.24, 2.45) is 4.99 Å². The third kappa shape index (κ3) is 7.63. The highest BCUT2D eigenvalue weighted by Crippen LogP contribution is 2.07. The van der Waals surface area contributed by atoms with Crippen LogP contribution in [0, 0.1) is 5.82 Å². The van der Waals surface area contributed by atoms with E-state index in [0.717, 1.165) is 6.54 Å². The Morgan fingerprint density at radius 1 is 1.19 bits per heavy atom. The van der Waals surface area contributed by atoms with Gasteiger partial charge in [0.2, 0.25) is 0 Å². The second kappa shape index (κ2) is 11.0. The molecule has 0 spiro atoms. The van der Waals surface area contributed by atoms with Crippen molar-refractivity contribution in [3.05, 3.63) is 35.6 Å². The first-order valence-corrected chi connectivity index (χ1v) is 7.10. The van der Waals surface area contributed by atoms with Crippen LogP contribution in [0.2, 0.25) is 0 Å². The maximum atomic E-state index is 13.5. The number of guanidine groups is 1. The van der Waals surface area contributed by atoms with Crippen LogP contribution in [-0.4, -0.2) is 46.0 Å². The molecular weight excluding hydrogens is 273 g/mol. The number of ether oxygens (including phenoxy) is 2. The Kier molecular flexibility index (Phi) is 9.15. The van der Waals surface area contributed by atoms with Crippen molar-refractivity contribution in [3.63, 3.8) is 0 Å². The number of halogens is 1. The van der Waals surface area contributed by atoms with E-state index in [1.807, 2.05) is 6.92 Å². The summed E-state index contributed by atoms with van der Waals surface area (Å²) >= 11 is 0. The van der Waals surface area contributed by atoms with Crippen LogP contribution in [0.4, 0.5) is 4.39 Å². The van der Waals surface area contributed by atoms with Gasteiger partial charge >= 0.3 is 0 Å². The highest BCUT2D eigenvalue weighted by molar-refractivity contribution is 5.79. The molecule has 6 heteroatoms. The summed E-state index contributed by atoms with van der Waals surface area (Å²) in [6.45, 7) is 5.37. The lowest BCUT2D eigenvalue weighted by molar-refractivity contribution is 0.0733. The van der Waals surface area contributed by atoms with Gasteiger partial charge in [-0.05, 0) is 13.0 Å². The molecule has 118 valence electrons. The first kappa shape index (κ1) is 17.4. The summed E-state index contributed by atoms with van der Waals surface area (Å²) in [6, 6.07) is 6.65. The van der Waals surface area contributed by atoms with Crippen molar-refractivity contribution < 1.29 is 13.9 Å². The Morgan fingerprint density at radius 2 is 2.00 bits per heavy atom. The van der Waals surface area contributed by atoms with Crippen LogP contribution < -0.4 is 10.6 Å². The van der Waals surface area contributed by atoms with Crippen molar-refractivity contribution in [2.75, 3.05) is 40.0 Å². The van der Waals surface area contributed by atoms with Gasteiger partial charge in [-0.1, -0.05) is 18.2 Å². The minimum absolute atomic E-state index is 0.236. The zero-order valence-corrected chi connectivity index (χ0v) is 12.7. The van der Waals surface area contributed by atoms with E-state index in [4.69, 9.17) is 9.47 Å². The van der Waals surface area contributed by atoms with E-state index >= 15 is 0 Å². The lowest BCUT2D eigenvalue weighted by Gasteiger charge is -2.11. The van der Waals surface area contributed by atoms with Crippen molar-refractivity contribution >= 4 is 5.96 Å². The topological polar surface area (TPSA) is 54.9 Å². The molecule has 1 aromatic carbocycles. The summed E-state index contributed by atoms with van der Waals surface area (Å²) in [5, 5.41) is 6.25. The molecule has 0 saturated heterocycles. The molecule has 21 heavy (non-hydrogen) atoms. The molecule has 2 N–H and O–H groups in total. The molecule has 0 aromatic heterocycles. The summed E-state index contributed by atoms with van der Waals surface area (Å²) < 4.78 is 23.8. The number of hydrogen-bond acceptors (Lipinski definition) is 3. The molecular formula is C15H24FN3O2. The van der Waals surface area contributed by atoms with Crippen molar-refractivity contribution in [1.82, 2.24) is 10.6 Å². The van der Waals surface area contributed by atoms with Gasteiger partial charge in [-0.3, -0.25) is 0 Å². The average Bonchev–Trinajstić information content (AvgIpc) is 2.49. The summed E-state index contributed by atoms with van der Waals surface area (Å²) in [5.41, 5.74) is 0.575. The zero-order valence-electron chi connectivity index (χ0n) is 12.7. The normalized spacial score (nSPS) is 11.5. The number of hydrogen-bond donors (Lipinski definition) is 2. The summed E-state index contributed by atoms with van der Waals surface area (Å²) in [5.74, 6) is 0.413. The third-order valence-electron chi connectivity index (χ3n) is 2.68. The number of benzene rings is 1. The molecule has 1 rings (SSSR count). The standard InChI is InChI=1S/C15H24FN3O2/c1-3-17-15(18-8-9-21-11-10-20-2)19-12-13-6-4-5-7-14(13)16/h4-7H,3,8-12H2,1-2H3,(H2,17,18,19). The predicted octanol–water partition coefficient (Wildman–Crippen LogP) is 1.54. The van der Waals surface area contributed by atoms with Crippen LogP contribution in [-0.2, 0) is 16.0 Å². The highest BCUT2D eigenvalue weighted by atomic mass is 19.1. The molecule has 0 atom stereocenters. The Balaban J connectivity index is 2.38. The average molecular weight is 297 g/mol. The van der Waals surface area contributed by atoms with Gasteiger partial charge in [0.05, 0.1) is 26.4 Å². The van der Waals surface area contributed by atoms with Gasteiger partial charge in [-0.2, -0.15) is 0 Å². The number of aliphatic imine (C=N–C) groups is 1. The third-order valence-corrected chi connectivity index (χ3v) is 2.68. The van der Waals surface area contributed by atoms with Gasteiger partial charge in [-0.15, -0.1) is 0 Å². The van der Waals surface area contributed by atoms with E-state index in [9.17, 15) is 4.39 Å². The van der Waals surface area contributed by atoms with Gasteiger partial charge < -0.3 is 20.1 Å². The van der Waals surface area contributed by atoms with Crippen LogP contribution in [0.15, 0.2) is 29.3 Å². The second-order valence-electron chi connectivity index (χ2n) is 4.32. The van der Waals surface area contributed by atoms with E-state index in [1.54, 1.807) is 25.3 Å². The monoisotopic (exact) mass is 297 g/mol. The maximum absolute atomic E-state index is 13.5. The molecule has 0 unspecified atom stereocenters. The number of rotatable bonds is 9. The number of nitrogens with zero attached hydrogens (tertiary/aromatic N) is 1. The quantitative estimate of drug-likeness (QED) is 0.412. The fraction of sp³-hybridized carbons (Fsp3) is 0.533. The largest absolute Gasteiger partial charge is 0.382 e. The minimum atomic E-state index is -0.236. The van der Waals surface area contributed by atoms with Crippen molar-refractivity contribution in [2.45, 2.75) is 13.5 Å². The molecule has 0 aliphatic heterocycles. The van der Waals surface area contributed by atoms with Crippen molar-refractivity contribution in [1.29, 1.82) is 0 Å². The van der Waals surface area contributed by atoms with E-state index in [0.29, 0.717) is 44.4 Å². The Hall–Kier alpha value is -1.66. The summed E-state index contributed by atoms with van der Waals surface area (Å²) in [4.78, 5) is 4.35. The Bertz CT molecular complexity index is 427. The molecule has 0 aliphatic rings. The Morgan fingerprint density at radius 3 is 2.71 bits per heavy atom. The molecule has 0 heterocycles. The van der Waals surface area contributed by atoms with Gasteiger partial charge in [0.1, 0.15) is 5.82 Å². The molecule has 5 nitrogen and oxygen atoms in total. The smallest absolute Gasteiger partial charge is 0.191 e. The van der Waals surface area contributed by atoms with Crippen LogP contribution in [0.1, 0.15) is 12.5 Å². The van der Waals surface area contributed by atoms with E-state index in [2.05, 4.69) is 15.6 Å². The van der Waals surface area contributed by atoms with E-state index in [-0.39, 0.29) is 5.82 Å². The highest BCUT2D eigenvalue weighted by Gasteiger charge is 2.01. The second-order valence-corrected chi connectivity index (χ2v) is 4.32. The van der Waals surface area contributed by atoms with Crippen LogP contribution >= 0.6 is 0 Å². The van der Waals surface area contributed by atoms with Gasteiger partial charge in [-0.25, -0.2) is 9.38 Å². The fourth-order valence-electron chi connectivity index (χ4n) is 1.62.